The van der Waals surface area contributed by atoms with Crippen LogP contribution in [-0.4, -0.2) is 29.3 Å². The van der Waals surface area contributed by atoms with Crippen LogP contribution in [0, 0.1) is 0 Å². The molecular weight excluding hydrogens is 356 g/mol. The minimum absolute atomic E-state index is 0.0401. The molecule has 0 bridgehead atoms. The van der Waals surface area contributed by atoms with E-state index >= 15 is 0 Å². The second-order valence-electron chi connectivity index (χ2n) is 5.84. The van der Waals surface area contributed by atoms with Gasteiger partial charge in [-0.25, -0.2) is 5.10 Å². The molecule has 0 saturated carbocycles. The Morgan fingerprint density at radius 2 is 1.81 bits per heavy atom. The Bertz CT molecular complexity index is 987. The second kappa shape index (κ2) is 8.39. The van der Waals surface area contributed by atoms with Crippen LogP contribution in [0.4, 0.5) is 8.78 Å². The van der Waals surface area contributed by atoms with E-state index in [0.29, 0.717) is 29.4 Å². The van der Waals surface area contributed by atoms with Crippen molar-refractivity contribution in [2.45, 2.75) is 19.5 Å². The lowest BCUT2D eigenvalue weighted by Crippen LogP contribution is -2.28. The van der Waals surface area contributed by atoms with Crippen molar-refractivity contribution in [2.75, 3.05) is 6.54 Å². The number of amides is 1. The summed E-state index contributed by atoms with van der Waals surface area (Å²) in [5.74, 6) is -0.133. The quantitative estimate of drug-likeness (QED) is 0.666. The molecule has 140 valence electrons. The van der Waals surface area contributed by atoms with Crippen LogP contribution in [0.15, 0.2) is 53.3 Å². The molecule has 8 heteroatoms. The summed E-state index contributed by atoms with van der Waals surface area (Å²) >= 11 is 0. The lowest BCUT2D eigenvalue weighted by molar-refractivity contribution is -0.120. The van der Waals surface area contributed by atoms with Crippen LogP contribution in [0.1, 0.15) is 11.3 Å². The predicted molar refractivity (Wildman–Crippen MR) is 95.9 cm³/mol. The molecule has 2 N–H and O–H groups in total. The number of nitrogens with one attached hydrogen (secondary N) is 2. The fourth-order valence-corrected chi connectivity index (χ4v) is 2.70. The zero-order valence-corrected chi connectivity index (χ0v) is 14.2. The van der Waals surface area contributed by atoms with Crippen LogP contribution in [0.25, 0.3) is 10.8 Å². The molecule has 3 rings (SSSR count). The molecule has 1 amide bonds. The molecule has 0 atom stereocenters. The maximum atomic E-state index is 12.2. The van der Waals surface area contributed by atoms with E-state index in [1.165, 1.54) is 12.1 Å². The molecule has 2 aromatic carbocycles. The molecule has 0 aliphatic heterocycles. The molecule has 0 saturated heterocycles. The van der Waals surface area contributed by atoms with Crippen LogP contribution >= 0.6 is 0 Å². The van der Waals surface area contributed by atoms with Gasteiger partial charge in [-0.2, -0.15) is 13.9 Å². The van der Waals surface area contributed by atoms with Crippen molar-refractivity contribution in [3.05, 3.63) is 70.1 Å². The minimum atomic E-state index is -2.85. The van der Waals surface area contributed by atoms with Crippen LogP contribution in [-0.2, 0) is 17.6 Å². The number of hydrogen-bond donors (Lipinski definition) is 2. The summed E-state index contributed by atoms with van der Waals surface area (Å²) in [6.07, 6.45) is 0.582. The highest BCUT2D eigenvalue weighted by atomic mass is 19.3. The smallest absolute Gasteiger partial charge is 0.387 e. The number of nitrogens with zero attached hydrogens (tertiary/aromatic N) is 1. The van der Waals surface area contributed by atoms with Crippen LogP contribution in [0.2, 0.25) is 0 Å². The molecule has 27 heavy (non-hydrogen) atoms. The Balaban J connectivity index is 1.55. The topological polar surface area (TPSA) is 84.1 Å². The molecule has 0 fully saturated rings. The number of alkyl halides is 2. The van der Waals surface area contributed by atoms with Crippen molar-refractivity contribution in [1.29, 1.82) is 0 Å². The molecule has 1 aromatic heterocycles. The minimum Gasteiger partial charge on any atom is -0.435 e. The van der Waals surface area contributed by atoms with Crippen molar-refractivity contribution < 1.29 is 18.3 Å². The lowest BCUT2D eigenvalue weighted by Gasteiger charge is -2.08. The van der Waals surface area contributed by atoms with Gasteiger partial charge in [0.2, 0.25) is 5.91 Å². The van der Waals surface area contributed by atoms with Gasteiger partial charge in [-0.05, 0) is 30.2 Å². The third-order valence-electron chi connectivity index (χ3n) is 3.99. The number of hydrogen-bond acceptors (Lipinski definition) is 4. The van der Waals surface area contributed by atoms with E-state index in [2.05, 4.69) is 20.3 Å². The highest BCUT2D eigenvalue weighted by molar-refractivity contribution is 5.88. The Hall–Kier alpha value is -3.29. The molecule has 6 nitrogen and oxygen atoms in total. The lowest BCUT2D eigenvalue weighted by atomic mass is 10.1. The van der Waals surface area contributed by atoms with E-state index in [-0.39, 0.29) is 23.6 Å². The van der Waals surface area contributed by atoms with Gasteiger partial charge in [-0.15, -0.1) is 0 Å². The summed E-state index contributed by atoms with van der Waals surface area (Å²) in [5.41, 5.74) is 1.08. The number of ether oxygens (including phenoxy) is 1. The zero-order valence-electron chi connectivity index (χ0n) is 14.2. The molecule has 0 radical (unpaired) electrons. The van der Waals surface area contributed by atoms with Crippen molar-refractivity contribution in [3.8, 4) is 5.75 Å². The van der Waals surface area contributed by atoms with Crippen molar-refractivity contribution in [3.63, 3.8) is 0 Å². The van der Waals surface area contributed by atoms with Gasteiger partial charge in [0.05, 0.1) is 17.5 Å². The molecule has 0 aliphatic rings. The fraction of sp³-hybridized carbons (Fsp3) is 0.211. The Morgan fingerprint density at radius 1 is 1.11 bits per heavy atom. The zero-order chi connectivity index (χ0) is 19.2. The third kappa shape index (κ3) is 4.87. The molecule has 0 spiro atoms. The number of benzene rings is 2. The van der Waals surface area contributed by atoms with Crippen LogP contribution in [0.3, 0.4) is 0 Å². The van der Waals surface area contributed by atoms with E-state index in [1.807, 2.05) is 0 Å². The molecular formula is C19H17F2N3O3. The van der Waals surface area contributed by atoms with Crippen molar-refractivity contribution in [2.24, 2.45) is 0 Å². The second-order valence-corrected chi connectivity index (χ2v) is 5.84. The third-order valence-corrected chi connectivity index (χ3v) is 3.99. The van der Waals surface area contributed by atoms with Gasteiger partial charge in [0, 0.05) is 11.9 Å². The van der Waals surface area contributed by atoms with Crippen LogP contribution in [0.5, 0.6) is 5.75 Å². The van der Waals surface area contributed by atoms with E-state index in [1.54, 1.807) is 36.4 Å². The molecule has 1 heterocycles. The van der Waals surface area contributed by atoms with Crippen molar-refractivity contribution >= 4 is 16.7 Å². The summed E-state index contributed by atoms with van der Waals surface area (Å²) in [6, 6.07) is 13.2. The predicted octanol–water partition coefficient (Wildman–Crippen LogP) is 2.43. The van der Waals surface area contributed by atoms with Crippen molar-refractivity contribution in [1.82, 2.24) is 15.5 Å². The standard InChI is InChI=1S/C19H17F2N3O3/c20-19(21)27-13-7-5-12(6-8-13)9-10-22-17(25)11-16-14-3-1-2-4-15(14)18(26)24-23-16/h1-8,19H,9-11H2,(H,22,25)(H,24,26). The number of carbonyl (C=O) groups is 1. The largest absolute Gasteiger partial charge is 0.435 e. The van der Waals surface area contributed by atoms with Gasteiger partial charge < -0.3 is 10.1 Å². The summed E-state index contributed by atoms with van der Waals surface area (Å²) in [7, 11) is 0. The van der Waals surface area contributed by atoms with Gasteiger partial charge >= 0.3 is 6.61 Å². The average molecular weight is 373 g/mol. The van der Waals surface area contributed by atoms with Gasteiger partial charge in [0.25, 0.3) is 5.56 Å². The maximum absolute atomic E-state index is 12.2. The summed E-state index contributed by atoms with van der Waals surface area (Å²) < 4.78 is 28.5. The highest BCUT2D eigenvalue weighted by Gasteiger charge is 2.10. The average Bonchev–Trinajstić information content (AvgIpc) is 2.65. The number of halogens is 2. The van der Waals surface area contributed by atoms with Gasteiger partial charge in [0.1, 0.15) is 5.75 Å². The summed E-state index contributed by atoms with van der Waals surface area (Å²) in [5, 5.41) is 10.3. The molecule has 0 unspecified atom stereocenters. The fourth-order valence-electron chi connectivity index (χ4n) is 2.70. The first-order chi connectivity index (χ1) is 13.0. The van der Waals surface area contributed by atoms with E-state index in [0.717, 1.165) is 5.56 Å². The van der Waals surface area contributed by atoms with Gasteiger partial charge in [0.15, 0.2) is 0 Å². The van der Waals surface area contributed by atoms with E-state index < -0.39 is 6.61 Å². The van der Waals surface area contributed by atoms with E-state index in [9.17, 15) is 18.4 Å². The number of aromatic nitrogens is 2. The first-order valence-electron chi connectivity index (χ1n) is 8.29. The van der Waals surface area contributed by atoms with Gasteiger partial charge in [-0.1, -0.05) is 30.3 Å². The Labute approximate surface area is 153 Å². The summed E-state index contributed by atoms with van der Waals surface area (Å²) in [4.78, 5) is 23.9. The Morgan fingerprint density at radius 3 is 2.52 bits per heavy atom. The number of aromatic amines is 1. The maximum Gasteiger partial charge on any atom is 0.387 e. The molecule has 0 aliphatic carbocycles. The highest BCUT2D eigenvalue weighted by Crippen LogP contribution is 2.15. The van der Waals surface area contributed by atoms with Crippen LogP contribution < -0.4 is 15.6 Å². The number of carbonyl (C=O) groups excluding carboxylic acids is 1. The van der Waals surface area contributed by atoms with E-state index in [4.69, 9.17) is 0 Å². The number of rotatable bonds is 7. The first kappa shape index (κ1) is 18.5. The normalized spacial score (nSPS) is 10.9. The summed E-state index contributed by atoms with van der Waals surface area (Å²) in [6.45, 7) is -2.47. The number of fused-ring (bicyclic) bond motifs is 1. The molecule has 3 aromatic rings. The SMILES string of the molecule is O=C(Cc1n[nH]c(=O)c2ccccc12)NCCc1ccc(OC(F)F)cc1. The monoisotopic (exact) mass is 373 g/mol. The Kier molecular flexibility index (Phi) is 5.75. The van der Waals surface area contributed by atoms with Gasteiger partial charge in [-0.3, -0.25) is 9.59 Å². The first-order valence-corrected chi connectivity index (χ1v) is 8.29. The number of H-pyrrole nitrogens is 1.